The zero-order valence-corrected chi connectivity index (χ0v) is 18.8. The number of phenolic OH excluding ortho intramolecular Hbond substituents is 1. The molecule has 0 fully saturated rings. The predicted octanol–water partition coefficient (Wildman–Crippen LogP) is 2.70. The lowest BCUT2D eigenvalue weighted by Gasteiger charge is -2.22. The number of hydrogen-bond donors (Lipinski definition) is 2. The van der Waals surface area contributed by atoms with Crippen LogP contribution in [-0.4, -0.2) is 45.6 Å². The van der Waals surface area contributed by atoms with Crippen molar-refractivity contribution in [3.05, 3.63) is 51.5 Å². The lowest BCUT2D eigenvalue weighted by atomic mass is 10.1. The molecule has 0 saturated carbocycles. The minimum absolute atomic E-state index is 0.0501. The maximum absolute atomic E-state index is 12.3. The number of hydrazone groups is 1. The second kappa shape index (κ2) is 9.27. The summed E-state index contributed by atoms with van der Waals surface area (Å²) >= 11 is 3.20. The predicted molar refractivity (Wildman–Crippen MR) is 116 cm³/mol. The summed E-state index contributed by atoms with van der Waals surface area (Å²) in [6.45, 7) is 3.37. The fourth-order valence-corrected chi connectivity index (χ4v) is 3.76. The molecule has 0 aliphatic rings. The average molecular weight is 484 g/mol. The van der Waals surface area contributed by atoms with Crippen LogP contribution < -0.4 is 14.5 Å². The van der Waals surface area contributed by atoms with Crippen molar-refractivity contribution in [1.29, 1.82) is 0 Å². The van der Waals surface area contributed by atoms with Crippen molar-refractivity contribution in [2.45, 2.75) is 13.8 Å². The van der Waals surface area contributed by atoms with Crippen LogP contribution in [0.25, 0.3) is 0 Å². The molecule has 156 valence electrons. The Balaban J connectivity index is 2.14. The molecule has 0 radical (unpaired) electrons. The lowest BCUT2D eigenvalue weighted by Crippen LogP contribution is -2.39. The molecule has 0 aromatic heterocycles. The second-order valence-electron chi connectivity index (χ2n) is 6.38. The Morgan fingerprint density at radius 3 is 2.55 bits per heavy atom. The van der Waals surface area contributed by atoms with Crippen LogP contribution in [0, 0.1) is 13.8 Å². The molecule has 2 N–H and O–H groups in total. The van der Waals surface area contributed by atoms with Gasteiger partial charge >= 0.3 is 0 Å². The number of nitrogens with one attached hydrogen (secondary N) is 1. The highest BCUT2D eigenvalue weighted by Gasteiger charge is 2.21. The van der Waals surface area contributed by atoms with Crippen LogP contribution in [-0.2, 0) is 14.8 Å². The molecule has 0 saturated heterocycles. The summed E-state index contributed by atoms with van der Waals surface area (Å²) in [6, 6.07) is 8.29. The van der Waals surface area contributed by atoms with Gasteiger partial charge in [-0.25, -0.2) is 13.8 Å². The Bertz CT molecular complexity index is 1050. The van der Waals surface area contributed by atoms with E-state index in [-0.39, 0.29) is 11.5 Å². The van der Waals surface area contributed by atoms with E-state index in [2.05, 4.69) is 26.5 Å². The summed E-state index contributed by atoms with van der Waals surface area (Å²) in [7, 11) is -2.26. The molecule has 29 heavy (non-hydrogen) atoms. The summed E-state index contributed by atoms with van der Waals surface area (Å²) in [6.07, 6.45) is 2.39. The van der Waals surface area contributed by atoms with Gasteiger partial charge in [-0.3, -0.25) is 9.10 Å². The summed E-state index contributed by atoms with van der Waals surface area (Å²) in [5.74, 6) is -0.411. The number of rotatable bonds is 7. The number of methoxy groups -OCH3 is 1. The number of aryl methyl sites for hydroxylation is 2. The van der Waals surface area contributed by atoms with Gasteiger partial charge in [-0.2, -0.15) is 5.10 Å². The van der Waals surface area contributed by atoms with Crippen molar-refractivity contribution in [2.75, 3.05) is 24.2 Å². The number of hydrogen-bond acceptors (Lipinski definition) is 6. The van der Waals surface area contributed by atoms with E-state index in [0.717, 1.165) is 21.7 Å². The van der Waals surface area contributed by atoms with E-state index >= 15 is 0 Å². The Morgan fingerprint density at radius 2 is 1.97 bits per heavy atom. The third-order valence-electron chi connectivity index (χ3n) is 4.14. The largest absolute Gasteiger partial charge is 0.503 e. The number of aromatic hydroxyl groups is 1. The van der Waals surface area contributed by atoms with Gasteiger partial charge in [-0.05, 0) is 70.7 Å². The Hall–Kier alpha value is -2.59. The fourth-order valence-electron chi connectivity index (χ4n) is 2.45. The van der Waals surface area contributed by atoms with Gasteiger partial charge in [0.15, 0.2) is 11.5 Å². The SMILES string of the molecule is COc1cc(/C=N\NC(=O)CN(c2ccc(C)c(C)c2)S(C)(=O)=O)cc(Br)c1O. The minimum atomic E-state index is -3.67. The third kappa shape index (κ3) is 5.94. The number of anilines is 1. The minimum Gasteiger partial charge on any atom is -0.503 e. The normalized spacial score (nSPS) is 11.5. The summed E-state index contributed by atoms with van der Waals surface area (Å²) < 4.78 is 30.8. The summed E-state index contributed by atoms with van der Waals surface area (Å²) in [4.78, 5) is 12.3. The van der Waals surface area contributed by atoms with Crippen LogP contribution in [0.2, 0.25) is 0 Å². The zero-order chi connectivity index (χ0) is 21.8. The molecule has 1 amide bonds. The number of nitrogens with zero attached hydrogens (tertiary/aromatic N) is 2. The molecule has 2 rings (SSSR count). The second-order valence-corrected chi connectivity index (χ2v) is 9.15. The Kier molecular flexibility index (Phi) is 7.26. The van der Waals surface area contributed by atoms with Crippen LogP contribution in [0.15, 0.2) is 39.9 Å². The van der Waals surface area contributed by atoms with E-state index in [1.54, 1.807) is 24.3 Å². The van der Waals surface area contributed by atoms with E-state index in [1.165, 1.54) is 19.4 Å². The van der Waals surface area contributed by atoms with Gasteiger partial charge in [0.2, 0.25) is 10.0 Å². The van der Waals surface area contributed by atoms with E-state index in [4.69, 9.17) is 4.74 Å². The fraction of sp³-hybridized carbons (Fsp3) is 0.263. The smallest absolute Gasteiger partial charge is 0.260 e. The Labute approximate surface area is 178 Å². The number of phenols is 1. The van der Waals surface area contributed by atoms with E-state index in [1.807, 2.05) is 13.8 Å². The monoisotopic (exact) mass is 483 g/mol. The van der Waals surface area contributed by atoms with Gasteiger partial charge < -0.3 is 9.84 Å². The highest BCUT2D eigenvalue weighted by molar-refractivity contribution is 9.10. The van der Waals surface area contributed by atoms with Gasteiger partial charge in [0.1, 0.15) is 6.54 Å². The van der Waals surface area contributed by atoms with Crippen LogP contribution in [0.5, 0.6) is 11.5 Å². The number of benzene rings is 2. The van der Waals surface area contributed by atoms with Gasteiger partial charge in [-0.15, -0.1) is 0 Å². The quantitative estimate of drug-likeness (QED) is 0.464. The van der Waals surface area contributed by atoms with E-state index < -0.39 is 22.5 Å². The van der Waals surface area contributed by atoms with Gasteiger partial charge in [-0.1, -0.05) is 6.07 Å². The molecule has 8 nitrogen and oxygen atoms in total. The van der Waals surface area contributed by atoms with Gasteiger partial charge in [0, 0.05) is 0 Å². The van der Waals surface area contributed by atoms with Crippen LogP contribution in [0.1, 0.15) is 16.7 Å². The van der Waals surface area contributed by atoms with E-state index in [0.29, 0.717) is 15.7 Å². The topological polar surface area (TPSA) is 108 Å². The highest BCUT2D eigenvalue weighted by Crippen LogP contribution is 2.34. The van der Waals surface area contributed by atoms with Crippen molar-refractivity contribution in [1.82, 2.24) is 5.43 Å². The molecule has 0 aliphatic heterocycles. The molecule has 0 unspecified atom stereocenters. The molecular weight excluding hydrogens is 462 g/mol. The van der Waals surface area contributed by atoms with Crippen molar-refractivity contribution in [3.63, 3.8) is 0 Å². The molecular formula is C19H22BrN3O5S. The van der Waals surface area contributed by atoms with Crippen molar-refractivity contribution >= 4 is 43.8 Å². The number of halogens is 1. The maximum Gasteiger partial charge on any atom is 0.260 e. The first kappa shape index (κ1) is 22.7. The Morgan fingerprint density at radius 1 is 1.28 bits per heavy atom. The summed E-state index contributed by atoms with van der Waals surface area (Å²) in [5, 5.41) is 13.7. The first-order valence-corrected chi connectivity index (χ1v) is 11.1. The number of carbonyl (C=O) groups is 1. The molecule has 0 aliphatic carbocycles. The van der Waals surface area contributed by atoms with E-state index in [9.17, 15) is 18.3 Å². The van der Waals surface area contributed by atoms with Gasteiger partial charge in [0.25, 0.3) is 5.91 Å². The van der Waals surface area contributed by atoms with Crippen molar-refractivity contribution in [3.8, 4) is 11.5 Å². The molecule has 0 spiro atoms. The molecule has 0 heterocycles. The molecule has 0 bridgehead atoms. The van der Waals surface area contributed by atoms with Crippen molar-refractivity contribution < 1.29 is 23.1 Å². The van der Waals surface area contributed by atoms with Crippen LogP contribution >= 0.6 is 15.9 Å². The molecule has 0 atom stereocenters. The number of amides is 1. The van der Waals surface area contributed by atoms with Gasteiger partial charge in [0.05, 0.1) is 29.7 Å². The standard InChI is InChI=1S/C19H22BrN3O5S/c1-12-5-6-15(7-13(12)2)23(29(4,26)27)11-18(24)22-21-10-14-8-16(20)19(25)17(9-14)28-3/h5-10,25H,11H2,1-4H3,(H,22,24)/b21-10-. The summed E-state index contributed by atoms with van der Waals surface area (Å²) in [5.41, 5.74) is 5.21. The number of sulfonamides is 1. The van der Waals surface area contributed by atoms with Crippen molar-refractivity contribution in [2.24, 2.45) is 5.10 Å². The average Bonchev–Trinajstić information content (AvgIpc) is 2.64. The highest BCUT2D eigenvalue weighted by atomic mass is 79.9. The lowest BCUT2D eigenvalue weighted by molar-refractivity contribution is -0.119. The number of carbonyl (C=O) groups excluding carboxylic acids is 1. The molecule has 10 heteroatoms. The third-order valence-corrected chi connectivity index (χ3v) is 5.88. The molecule has 2 aromatic rings. The molecule has 2 aromatic carbocycles. The first-order chi connectivity index (χ1) is 13.5. The zero-order valence-electron chi connectivity index (χ0n) is 16.4. The first-order valence-electron chi connectivity index (χ1n) is 8.46. The number of ether oxygens (including phenoxy) is 1. The van der Waals surface area contributed by atoms with Crippen LogP contribution in [0.3, 0.4) is 0 Å². The maximum atomic E-state index is 12.3. The van der Waals surface area contributed by atoms with Crippen LogP contribution in [0.4, 0.5) is 5.69 Å².